The zero-order chi connectivity index (χ0) is 12.4. The molecule has 0 fully saturated rings. The fourth-order valence-electron chi connectivity index (χ4n) is 1.22. The lowest BCUT2D eigenvalue weighted by atomic mass is 10.3. The lowest BCUT2D eigenvalue weighted by Crippen LogP contribution is -2.11. The number of carbonyl (C=O) groups is 1. The van der Waals surface area contributed by atoms with Crippen LogP contribution in [0.3, 0.4) is 0 Å². The summed E-state index contributed by atoms with van der Waals surface area (Å²) in [5, 5.41) is 4.06. The number of rotatable bonds is 2. The Bertz CT molecular complexity index is 568. The van der Waals surface area contributed by atoms with Crippen molar-refractivity contribution in [1.82, 2.24) is 0 Å². The second-order valence-corrected chi connectivity index (χ2v) is 4.68. The van der Waals surface area contributed by atoms with Gasteiger partial charge < -0.3 is 5.32 Å². The average Bonchev–Trinajstić information content (AvgIpc) is 2.69. The van der Waals surface area contributed by atoms with Gasteiger partial charge in [-0.25, -0.2) is 8.78 Å². The number of thiol groups is 1. The minimum absolute atomic E-state index is 0.0504. The third kappa shape index (κ3) is 2.83. The Balaban J connectivity index is 2.18. The van der Waals surface area contributed by atoms with E-state index in [4.69, 9.17) is 0 Å². The lowest BCUT2D eigenvalue weighted by molar-refractivity contribution is 0.103. The van der Waals surface area contributed by atoms with E-state index in [1.807, 2.05) is 0 Å². The molecule has 6 heteroatoms. The summed E-state index contributed by atoms with van der Waals surface area (Å²) in [5.74, 6) is -1.93. The van der Waals surface area contributed by atoms with E-state index in [-0.39, 0.29) is 5.69 Å². The molecule has 0 bridgehead atoms. The molecule has 0 radical (unpaired) electrons. The van der Waals surface area contributed by atoms with Gasteiger partial charge in [-0.05, 0) is 18.2 Å². The first-order valence-electron chi connectivity index (χ1n) is 4.60. The van der Waals surface area contributed by atoms with Crippen LogP contribution in [0.1, 0.15) is 9.67 Å². The topological polar surface area (TPSA) is 29.1 Å². The summed E-state index contributed by atoms with van der Waals surface area (Å²) in [6.45, 7) is 0. The molecule has 0 spiro atoms. The summed E-state index contributed by atoms with van der Waals surface area (Å²) in [7, 11) is 0. The van der Waals surface area contributed by atoms with E-state index in [1.165, 1.54) is 17.4 Å². The van der Waals surface area contributed by atoms with Crippen molar-refractivity contribution in [3.8, 4) is 0 Å². The van der Waals surface area contributed by atoms with Crippen LogP contribution in [0.15, 0.2) is 34.5 Å². The average molecular weight is 271 g/mol. The molecule has 0 saturated carbocycles. The Morgan fingerprint density at radius 3 is 2.65 bits per heavy atom. The quantitative estimate of drug-likeness (QED) is 0.803. The van der Waals surface area contributed by atoms with Crippen LogP contribution in [0.4, 0.5) is 14.5 Å². The number of amides is 1. The first kappa shape index (κ1) is 12.1. The van der Waals surface area contributed by atoms with E-state index in [9.17, 15) is 13.6 Å². The fraction of sp³-hybridized carbons (Fsp3) is 0. The highest BCUT2D eigenvalue weighted by molar-refractivity contribution is 7.80. The highest BCUT2D eigenvalue weighted by Gasteiger charge is 2.11. The molecule has 1 amide bonds. The Hall–Kier alpha value is -1.40. The third-order valence-electron chi connectivity index (χ3n) is 1.99. The van der Waals surface area contributed by atoms with Crippen molar-refractivity contribution in [2.24, 2.45) is 0 Å². The van der Waals surface area contributed by atoms with Gasteiger partial charge in [0.25, 0.3) is 5.91 Å². The van der Waals surface area contributed by atoms with Crippen molar-refractivity contribution in [2.45, 2.75) is 4.90 Å². The van der Waals surface area contributed by atoms with Gasteiger partial charge in [-0.15, -0.1) is 24.0 Å². The first-order valence-corrected chi connectivity index (χ1v) is 5.93. The van der Waals surface area contributed by atoms with Gasteiger partial charge in [0.15, 0.2) is 0 Å². The van der Waals surface area contributed by atoms with Gasteiger partial charge in [-0.3, -0.25) is 4.79 Å². The van der Waals surface area contributed by atoms with Crippen molar-refractivity contribution >= 4 is 35.6 Å². The van der Waals surface area contributed by atoms with Crippen molar-refractivity contribution in [3.05, 3.63) is 46.2 Å². The molecule has 1 heterocycles. The maximum Gasteiger partial charge on any atom is 0.265 e. The standard InChI is InChI=1S/C11H7F2NOS2/c12-6-1-2-9(8(13)3-6)14-11(15)10-4-7(16)5-17-10/h1-5,16H,(H,14,15). The molecular formula is C11H7F2NOS2. The molecule has 1 aromatic heterocycles. The molecule has 0 saturated heterocycles. The Kier molecular flexibility index (Phi) is 3.44. The number of nitrogens with one attached hydrogen (secondary N) is 1. The molecule has 2 nitrogen and oxygen atoms in total. The predicted molar refractivity (Wildman–Crippen MR) is 65.9 cm³/mol. The number of thiophene rings is 1. The smallest absolute Gasteiger partial charge is 0.265 e. The van der Waals surface area contributed by atoms with Gasteiger partial charge in [-0.2, -0.15) is 0 Å². The van der Waals surface area contributed by atoms with Crippen LogP contribution in [0.25, 0.3) is 0 Å². The van der Waals surface area contributed by atoms with E-state index in [0.717, 1.165) is 6.07 Å². The molecule has 1 aromatic carbocycles. The number of anilines is 1. The van der Waals surface area contributed by atoms with E-state index >= 15 is 0 Å². The van der Waals surface area contributed by atoms with Crippen LogP contribution < -0.4 is 5.32 Å². The Morgan fingerprint density at radius 1 is 1.29 bits per heavy atom. The largest absolute Gasteiger partial charge is 0.319 e. The van der Waals surface area contributed by atoms with Gasteiger partial charge in [0.2, 0.25) is 0 Å². The molecule has 0 unspecified atom stereocenters. The number of hydrogen-bond donors (Lipinski definition) is 2. The monoisotopic (exact) mass is 271 g/mol. The molecule has 88 valence electrons. The SMILES string of the molecule is O=C(Nc1ccc(F)cc1F)c1cc(S)cs1. The Labute approximate surface area is 106 Å². The molecule has 0 aliphatic heterocycles. The lowest BCUT2D eigenvalue weighted by Gasteiger charge is -2.04. The highest BCUT2D eigenvalue weighted by Crippen LogP contribution is 2.20. The zero-order valence-corrected chi connectivity index (χ0v) is 10.1. The van der Waals surface area contributed by atoms with Crippen LogP contribution in [0.5, 0.6) is 0 Å². The summed E-state index contributed by atoms with van der Waals surface area (Å²) >= 11 is 5.27. The van der Waals surface area contributed by atoms with Crippen molar-refractivity contribution in [2.75, 3.05) is 5.32 Å². The van der Waals surface area contributed by atoms with Crippen LogP contribution in [-0.2, 0) is 0 Å². The first-order chi connectivity index (χ1) is 8.06. The van der Waals surface area contributed by atoms with Crippen molar-refractivity contribution in [1.29, 1.82) is 0 Å². The molecule has 17 heavy (non-hydrogen) atoms. The van der Waals surface area contributed by atoms with Gasteiger partial charge in [-0.1, -0.05) is 0 Å². The molecule has 2 rings (SSSR count). The maximum atomic E-state index is 13.3. The maximum absolute atomic E-state index is 13.3. The minimum atomic E-state index is -0.805. The number of halogens is 2. The summed E-state index contributed by atoms with van der Waals surface area (Å²) in [6.07, 6.45) is 0. The summed E-state index contributed by atoms with van der Waals surface area (Å²) in [6, 6.07) is 4.55. The van der Waals surface area contributed by atoms with E-state index in [1.54, 1.807) is 11.4 Å². The summed E-state index contributed by atoms with van der Waals surface area (Å²) in [4.78, 5) is 12.8. The molecule has 1 N–H and O–H groups in total. The second-order valence-electron chi connectivity index (χ2n) is 3.25. The predicted octanol–water partition coefficient (Wildman–Crippen LogP) is 3.57. The highest BCUT2D eigenvalue weighted by atomic mass is 32.1. The normalized spacial score (nSPS) is 10.3. The molecule has 0 atom stereocenters. The summed E-state index contributed by atoms with van der Waals surface area (Å²) in [5.41, 5.74) is -0.0504. The van der Waals surface area contributed by atoms with Crippen LogP contribution in [0.2, 0.25) is 0 Å². The second kappa shape index (κ2) is 4.85. The fourth-order valence-corrected chi connectivity index (χ4v) is 2.26. The number of carbonyl (C=O) groups excluding carboxylic acids is 1. The Morgan fingerprint density at radius 2 is 2.06 bits per heavy atom. The number of hydrogen-bond acceptors (Lipinski definition) is 3. The van der Waals surface area contributed by atoms with Gasteiger partial charge in [0, 0.05) is 16.3 Å². The molecule has 0 aliphatic rings. The molecule has 2 aromatic rings. The molecule has 0 aliphatic carbocycles. The van der Waals surface area contributed by atoms with Gasteiger partial charge in [0.1, 0.15) is 11.6 Å². The van der Waals surface area contributed by atoms with E-state index in [2.05, 4.69) is 17.9 Å². The van der Waals surface area contributed by atoms with Crippen LogP contribution in [0, 0.1) is 11.6 Å². The van der Waals surface area contributed by atoms with Crippen molar-refractivity contribution < 1.29 is 13.6 Å². The van der Waals surface area contributed by atoms with Crippen LogP contribution >= 0.6 is 24.0 Å². The number of benzene rings is 1. The van der Waals surface area contributed by atoms with E-state index < -0.39 is 17.5 Å². The van der Waals surface area contributed by atoms with E-state index in [0.29, 0.717) is 15.8 Å². The minimum Gasteiger partial charge on any atom is -0.319 e. The third-order valence-corrected chi connectivity index (χ3v) is 3.35. The van der Waals surface area contributed by atoms with Crippen molar-refractivity contribution in [3.63, 3.8) is 0 Å². The zero-order valence-electron chi connectivity index (χ0n) is 8.41. The van der Waals surface area contributed by atoms with Gasteiger partial charge >= 0.3 is 0 Å². The summed E-state index contributed by atoms with van der Waals surface area (Å²) < 4.78 is 25.9. The van der Waals surface area contributed by atoms with Crippen LogP contribution in [-0.4, -0.2) is 5.91 Å². The molecular weight excluding hydrogens is 264 g/mol. The van der Waals surface area contributed by atoms with Gasteiger partial charge in [0.05, 0.1) is 10.6 Å².